The van der Waals surface area contributed by atoms with Crippen molar-refractivity contribution in [1.82, 2.24) is 4.98 Å². The molecule has 0 saturated carbocycles. The van der Waals surface area contributed by atoms with E-state index in [0.717, 1.165) is 18.4 Å². The minimum atomic E-state index is -0.651. The highest BCUT2D eigenvalue weighted by atomic mass is 16.5. The van der Waals surface area contributed by atoms with E-state index in [2.05, 4.69) is 18.5 Å². The van der Waals surface area contributed by atoms with Gasteiger partial charge in [0.05, 0.1) is 13.7 Å². The van der Waals surface area contributed by atoms with Crippen LogP contribution >= 0.6 is 0 Å². The zero-order valence-electron chi connectivity index (χ0n) is 16.0. The molecule has 2 aromatic rings. The Balaban J connectivity index is 2.80. The number of nitrogens with one attached hydrogen (secondary N) is 1. The number of pyridine rings is 1. The van der Waals surface area contributed by atoms with Crippen molar-refractivity contribution in [2.45, 2.75) is 26.2 Å². The number of allylic oxidation sites excluding steroid dienone is 1. The molecule has 0 fully saturated rings. The minimum Gasteiger partial charge on any atom is -0.493 e. The summed E-state index contributed by atoms with van der Waals surface area (Å²) in [7, 11) is 1.51. The van der Waals surface area contributed by atoms with Crippen molar-refractivity contribution in [2.24, 2.45) is 0 Å². The third-order valence-electron chi connectivity index (χ3n) is 4.22. The molecule has 144 valence electrons. The fraction of sp³-hybridized carbons (Fsp3) is 0.286. The molecule has 7 heteroatoms. The van der Waals surface area contributed by atoms with Crippen LogP contribution in [0.25, 0.3) is 11.1 Å². The van der Waals surface area contributed by atoms with E-state index in [9.17, 15) is 15.3 Å². The molecule has 7 nitrogen and oxygen atoms in total. The number of aromatic amines is 1. The van der Waals surface area contributed by atoms with Gasteiger partial charge in [0.2, 0.25) is 0 Å². The molecule has 2 rings (SSSR count). The van der Waals surface area contributed by atoms with Crippen molar-refractivity contribution in [3.63, 3.8) is 0 Å². The molecule has 0 atom stereocenters. The van der Waals surface area contributed by atoms with Gasteiger partial charge in [-0.2, -0.15) is 10.5 Å². The van der Waals surface area contributed by atoms with E-state index >= 15 is 0 Å². The monoisotopic (exact) mass is 378 g/mol. The topological polar surface area (TPSA) is 125 Å². The number of nitrogens with two attached hydrogens (primary N) is 1. The van der Waals surface area contributed by atoms with Crippen molar-refractivity contribution < 1.29 is 9.47 Å². The number of anilines is 1. The number of unbranched alkanes of at least 4 members (excludes halogenated alkanes) is 1. The lowest BCUT2D eigenvalue weighted by atomic mass is 9.94. The molecule has 1 heterocycles. The molecule has 1 aromatic heterocycles. The van der Waals surface area contributed by atoms with Gasteiger partial charge in [-0.3, -0.25) is 4.79 Å². The van der Waals surface area contributed by atoms with Gasteiger partial charge in [0.1, 0.15) is 29.1 Å². The Labute approximate surface area is 163 Å². The third kappa shape index (κ3) is 3.99. The first-order valence-electron chi connectivity index (χ1n) is 8.83. The maximum atomic E-state index is 12.2. The first-order valence-corrected chi connectivity index (χ1v) is 8.83. The fourth-order valence-electron chi connectivity index (χ4n) is 2.88. The van der Waals surface area contributed by atoms with Gasteiger partial charge in [-0.15, -0.1) is 6.58 Å². The molecule has 0 amide bonds. The van der Waals surface area contributed by atoms with Crippen LogP contribution in [0, 0.1) is 22.7 Å². The molecule has 0 aliphatic heterocycles. The van der Waals surface area contributed by atoms with Crippen molar-refractivity contribution >= 4 is 5.82 Å². The summed E-state index contributed by atoms with van der Waals surface area (Å²) in [5.74, 6) is 0.931. The van der Waals surface area contributed by atoms with Crippen LogP contribution in [0.5, 0.6) is 11.5 Å². The molecule has 3 N–H and O–H groups in total. The van der Waals surface area contributed by atoms with Crippen molar-refractivity contribution in [2.75, 3.05) is 19.5 Å². The van der Waals surface area contributed by atoms with Gasteiger partial charge in [-0.1, -0.05) is 19.4 Å². The second kappa shape index (κ2) is 9.29. The van der Waals surface area contributed by atoms with Crippen molar-refractivity contribution in [1.29, 1.82) is 10.5 Å². The first-order chi connectivity index (χ1) is 13.5. The molecule has 0 radical (unpaired) electrons. The SMILES string of the molecule is C=CCc1cc(-c2c(C#N)c(N)[nH]c(=O)c2C#N)cc(OC)c1OCCCC. The van der Waals surface area contributed by atoms with Crippen LogP contribution in [0.3, 0.4) is 0 Å². The molecular formula is C21H22N4O3. The number of ether oxygens (including phenoxy) is 2. The van der Waals surface area contributed by atoms with E-state index in [1.54, 1.807) is 18.2 Å². The summed E-state index contributed by atoms with van der Waals surface area (Å²) in [5.41, 5.74) is 6.43. The molecular weight excluding hydrogens is 356 g/mol. The quantitative estimate of drug-likeness (QED) is 0.536. The Hall–Kier alpha value is -3.71. The summed E-state index contributed by atoms with van der Waals surface area (Å²) in [6.45, 7) is 6.37. The largest absolute Gasteiger partial charge is 0.493 e. The molecule has 0 saturated heterocycles. The summed E-state index contributed by atoms with van der Waals surface area (Å²) >= 11 is 0. The maximum absolute atomic E-state index is 12.2. The van der Waals surface area contributed by atoms with E-state index in [-0.39, 0.29) is 22.5 Å². The summed E-state index contributed by atoms with van der Waals surface area (Å²) < 4.78 is 11.4. The summed E-state index contributed by atoms with van der Waals surface area (Å²) in [4.78, 5) is 14.5. The van der Waals surface area contributed by atoms with Crippen LogP contribution < -0.4 is 20.8 Å². The fourth-order valence-corrected chi connectivity index (χ4v) is 2.88. The van der Waals surface area contributed by atoms with Gasteiger partial charge in [-0.25, -0.2) is 0 Å². The number of H-pyrrole nitrogens is 1. The van der Waals surface area contributed by atoms with E-state index < -0.39 is 5.56 Å². The zero-order valence-corrected chi connectivity index (χ0v) is 16.0. The normalized spacial score (nSPS) is 10.0. The smallest absolute Gasteiger partial charge is 0.268 e. The van der Waals surface area contributed by atoms with E-state index in [1.165, 1.54) is 7.11 Å². The first kappa shape index (κ1) is 20.6. The summed E-state index contributed by atoms with van der Waals surface area (Å²) in [6, 6.07) is 7.25. The van der Waals surface area contributed by atoms with Gasteiger partial charge >= 0.3 is 0 Å². The number of nitriles is 2. The Kier molecular flexibility index (Phi) is 6.84. The number of hydrogen-bond acceptors (Lipinski definition) is 6. The number of methoxy groups -OCH3 is 1. The van der Waals surface area contributed by atoms with Crippen LogP contribution in [-0.4, -0.2) is 18.7 Å². The van der Waals surface area contributed by atoms with Crippen LogP contribution in [0.1, 0.15) is 36.5 Å². The van der Waals surface area contributed by atoms with E-state index in [1.807, 2.05) is 12.1 Å². The lowest BCUT2D eigenvalue weighted by Gasteiger charge is -2.17. The summed E-state index contributed by atoms with van der Waals surface area (Å²) in [6.07, 6.45) is 4.07. The molecule has 0 aliphatic carbocycles. The zero-order chi connectivity index (χ0) is 20.7. The van der Waals surface area contributed by atoms with Crippen LogP contribution in [0.4, 0.5) is 5.82 Å². The molecule has 0 unspecified atom stereocenters. The maximum Gasteiger partial charge on any atom is 0.268 e. The predicted molar refractivity (Wildman–Crippen MR) is 107 cm³/mol. The Bertz CT molecular complexity index is 1030. The Morgan fingerprint density at radius 1 is 1.29 bits per heavy atom. The number of hydrogen-bond donors (Lipinski definition) is 2. The number of benzene rings is 1. The van der Waals surface area contributed by atoms with Crippen LogP contribution in [0.2, 0.25) is 0 Å². The van der Waals surface area contributed by atoms with Gasteiger partial charge in [0.25, 0.3) is 5.56 Å². The average Bonchev–Trinajstić information content (AvgIpc) is 2.68. The molecule has 0 bridgehead atoms. The summed E-state index contributed by atoms with van der Waals surface area (Å²) in [5, 5.41) is 19.0. The molecule has 0 spiro atoms. The molecule has 1 aromatic carbocycles. The number of aromatic nitrogens is 1. The average molecular weight is 378 g/mol. The number of rotatable bonds is 8. The van der Waals surface area contributed by atoms with Crippen LogP contribution in [-0.2, 0) is 6.42 Å². The Morgan fingerprint density at radius 3 is 2.57 bits per heavy atom. The molecule has 0 aliphatic rings. The van der Waals surface area contributed by atoms with Gasteiger partial charge in [0.15, 0.2) is 11.5 Å². The third-order valence-corrected chi connectivity index (χ3v) is 4.22. The predicted octanol–water partition coefficient (Wildman–Crippen LogP) is 3.28. The number of nitrogen functional groups attached to an aromatic ring is 1. The highest BCUT2D eigenvalue weighted by Gasteiger charge is 2.21. The minimum absolute atomic E-state index is 0.0300. The van der Waals surface area contributed by atoms with Gasteiger partial charge in [-0.05, 0) is 30.5 Å². The Morgan fingerprint density at radius 2 is 2.00 bits per heavy atom. The van der Waals surface area contributed by atoms with Crippen molar-refractivity contribution in [3.8, 4) is 34.8 Å². The van der Waals surface area contributed by atoms with Crippen LogP contribution in [0.15, 0.2) is 29.6 Å². The molecule has 28 heavy (non-hydrogen) atoms. The second-order valence-corrected chi connectivity index (χ2v) is 6.08. The van der Waals surface area contributed by atoms with E-state index in [0.29, 0.717) is 30.1 Å². The standard InChI is InChI=1S/C21H22N4O3/c1-4-6-8-28-19-13(7-5-2)9-14(10-17(19)27-3)18-15(11-22)20(24)25-21(26)16(18)12-23/h5,9-10H,2,4,6-8H2,1,3H3,(H3,24,25,26). The van der Waals surface area contributed by atoms with E-state index in [4.69, 9.17) is 15.2 Å². The van der Waals surface area contributed by atoms with Gasteiger partial charge < -0.3 is 20.2 Å². The second-order valence-electron chi connectivity index (χ2n) is 6.08. The van der Waals surface area contributed by atoms with Gasteiger partial charge in [0, 0.05) is 11.1 Å². The highest BCUT2D eigenvalue weighted by molar-refractivity contribution is 5.82. The lowest BCUT2D eigenvalue weighted by molar-refractivity contribution is 0.286. The number of nitrogens with zero attached hydrogens (tertiary/aromatic N) is 2. The lowest BCUT2D eigenvalue weighted by Crippen LogP contribution is -2.16. The van der Waals surface area contributed by atoms with Crippen molar-refractivity contribution in [3.05, 3.63) is 51.8 Å². The highest BCUT2D eigenvalue weighted by Crippen LogP contribution is 2.39.